The number of ether oxygens (including phenoxy) is 1. The van der Waals surface area contributed by atoms with Crippen LogP contribution in [0.15, 0.2) is 77.7 Å². The van der Waals surface area contributed by atoms with E-state index in [-0.39, 0.29) is 23.4 Å². The van der Waals surface area contributed by atoms with Crippen LogP contribution < -0.4 is 14.4 Å². The molecule has 1 aliphatic carbocycles. The molecule has 4 rings (SSSR count). The second-order valence-electron chi connectivity index (χ2n) is 10.5. The van der Waals surface area contributed by atoms with E-state index in [1.165, 1.54) is 17.0 Å². The molecule has 0 radical (unpaired) electrons. The van der Waals surface area contributed by atoms with E-state index in [4.69, 9.17) is 27.9 Å². The molecule has 8 nitrogen and oxygen atoms in total. The van der Waals surface area contributed by atoms with E-state index >= 15 is 0 Å². The summed E-state index contributed by atoms with van der Waals surface area (Å²) in [6.07, 6.45) is 5.01. The lowest BCUT2D eigenvalue weighted by atomic mass is 9.95. The number of sulfonamides is 1. The van der Waals surface area contributed by atoms with Gasteiger partial charge in [0.2, 0.25) is 11.8 Å². The number of para-hydroxylation sites is 1. The first kappa shape index (κ1) is 32.6. The Labute approximate surface area is 264 Å². The van der Waals surface area contributed by atoms with Crippen LogP contribution in [0.4, 0.5) is 5.69 Å². The Balaban J connectivity index is 1.66. The van der Waals surface area contributed by atoms with Gasteiger partial charge in [-0.2, -0.15) is 0 Å². The van der Waals surface area contributed by atoms with E-state index in [1.54, 1.807) is 67.6 Å². The lowest BCUT2D eigenvalue weighted by Crippen LogP contribution is -2.53. The third-order valence-electron chi connectivity index (χ3n) is 7.50. The van der Waals surface area contributed by atoms with Crippen molar-refractivity contribution in [3.05, 3.63) is 88.4 Å². The normalized spacial score (nSPS) is 14.5. The fourth-order valence-corrected chi connectivity index (χ4v) is 6.85. The molecule has 0 bridgehead atoms. The van der Waals surface area contributed by atoms with Gasteiger partial charge in [-0.15, -0.1) is 0 Å². The van der Waals surface area contributed by atoms with E-state index < -0.39 is 28.5 Å². The summed E-state index contributed by atoms with van der Waals surface area (Å²) < 4.78 is 34.5. The number of carbonyl (C=O) groups is 2. The molecule has 0 aromatic heterocycles. The van der Waals surface area contributed by atoms with E-state index in [0.29, 0.717) is 33.7 Å². The lowest BCUT2D eigenvalue weighted by molar-refractivity contribution is -0.139. The van der Waals surface area contributed by atoms with Crippen molar-refractivity contribution in [2.24, 2.45) is 0 Å². The molecule has 0 saturated heterocycles. The molecule has 3 aromatic carbocycles. The fraction of sp³-hybridized carbons (Fsp3) is 0.375. The van der Waals surface area contributed by atoms with Crippen LogP contribution in [0.25, 0.3) is 0 Å². The van der Waals surface area contributed by atoms with E-state index in [0.717, 1.165) is 36.4 Å². The Morgan fingerprint density at radius 2 is 1.63 bits per heavy atom. The minimum absolute atomic E-state index is 0.00623. The van der Waals surface area contributed by atoms with E-state index in [9.17, 15) is 18.0 Å². The molecule has 11 heteroatoms. The number of nitrogens with zero attached hydrogens (tertiary/aromatic N) is 2. The highest BCUT2D eigenvalue weighted by Crippen LogP contribution is 2.27. The van der Waals surface area contributed by atoms with Gasteiger partial charge in [-0.3, -0.25) is 13.9 Å². The Hall–Kier alpha value is -3.27. The summed E-state index contributed by atoms with van der Waals surface area (Å²) in [5, 5.41) is 3.77. The molecule has 1 atom stereocenters. The molecular weight excluding hydrogens is 609 g/mol. The number of carbonyl (C=O) groups excluding carboxylic acids is 2. The zero-order chi connectivity index (χ0) is 31.0. The van der Waals surface area contributed by atoms with Crippen molar-refractivity contribution < 1.29 is 22.7 Å². The lowest BCUT2D eigenvalue weighted by Gasteiger charge is -2.33. The molecule has 1 fully saturated rings. The Bertz CT molecular complexity index is 1500. The van der Waals surface area contributed by atoms with Gasteiger partial charge in [0.1, 0.15) is 18.3 Å². The van der Waals surface area contributed by atoms with Crippen molar-refractivity contribution in [2.45, 2.75) is 69.5 Å². The summed E-state index contributed by atoms with van der Waals surface area (Å²) in [7, 11) is -4.18. The number of benzene rings is 3. The maximum Gasteiger partial charge on any atom is 0.264 e. The Morgan fingerprint density at radius 3 is 2.26 bits per heavy atom. The predicted octanol–water partition coefficient (Wildman–Crippen LogP) is 6.45. The van der Waals surface area contributed by atoms with Crippen LogP contribution in [0.2, 0.25) is 10.0 Å². The largest absolute Gasteiger partial charge is 0.494 e. The highest BCUT2D eigenvalue weighted by atomic mass is 35.5. The first-order valence-corrected chi connectivity index (χ1v) is 16.6. The number of halogens is 2. The van der Waals surface area contributed by atoms with Crippen LogP contribution >= 0.6 is 23.2 Å². The van der Waals surface area contributed by atoms with Gasteiger partial charge in [0, 0.05) is 12.6 Å². The second-order valence-corrected chi connectivity index (χ2v) is 13.2. The van der Waals surface area contributed by atoms with E-state index in [2.05, 4.69) is 5.32 Å². The number of amides is 2. The number of rotatable bonds is 12. The van der Waals surface area contributed by atoms with Crippen LogP contribution in [0.3, 0.4) is 0 Å². The van der Waals surface area contributed by atoms with Gasteiger partial charge in [0.25, 0.3) is 10.0 Å². The third-order valence-corrected chi connectivity index (χ3v) is 10.0. The average Bonchev–Trinajstić information content (AvgIpc) is 3.01. The van der Waals surface area contributed by atoms with Crippen molar-refractivity contribution in [1.29, 1.82) is 0 Å². The van der Waals surface area contributed by atoms with Crippen molar-refractivity contribution in [2.75, 3.05) is 17.5 Å². The topological polar surface area (TPSA) is 96.0 Å². The first-order chi connectivity index (χ1) is 20.6. The van der Waals surface area contributed by atoms with Gasteiger partial charge in [0.05, 0.1) is 27.2 Å². The van der Waals surface area contributed by atoms with Crippen LogP contribution in [0.5, 0.6) is 5.75 Å². The molecule has 1 aliphatic rings. The SMILES string of the molecule is CCOc1ccc(S(=O)(=O)N(CC(=O)N(Cc2ccc(Cl)c(Cl)c2)[C@@H](C)C(=O)NC2CCCCC2)c2ccccc2)cc1. The fourth-order valence-electron chi connectivity index (χ4n) is 5.11. The molecule has 0 unspecified atom stereocenters. The molecule has 230 valence electrons. The molecule has 0 aliphatic heterocycles. The van der Waals surface area contributed by atoms with E-state index in [1.807, 2.05) is 6.92 Å². The van der Waals surface area contributed by atoms with Gasteiger partial charge in [-0.05, 0) is 80.8 Å². The van der Waals surface area contributed by atoms with Gasteiger partial charge in [0.15, 0.2) is 0 Å². The minimum Gasteiger partial charge on any atom is -0.494 e. The predicted molar refractivity (Wildman–Crippen MR) is 170 cm³/mol. The quantitative estimate of drug-likeness (QED) is 0.244. The van der Waals surface area contributed by atoms with Gasteiger partial charge < -0.3 is 15.0 Å². The van der Waals surface area contributed by atoms with Gasteiger partial charge in [-0.25, -0.2) is 8.42 Å². The highest BCUT2D eigenvalue weighted by molar-refractivity contribution is 7.92. The number of hydrogen-bond donors (Lipinski definition) is 1. The zero-order valence-corrected chi connectivity index (χ0v) is 26.7. The van der Waals surface area contributed by atoms with Crippen molar-refractivity contribution >= 4 is 50.7 Å². The molecule has 43 heavy (non-hydrogen) atoms. The van der Waals surface area contributed by atoms with Crippen molar-refractivity contribution in [3.8, 4) is 5.75 Å². The zero-order valence-electron chi connectivity index (χ0n) is 24.3. The first-order valence-electron chi connectivity index (χ1n) is 14.4. The molecule has 0 heterocycles. The summed E-state index contributed by atoms with van der Waals surface area (Å²) in [5.41, 5.74) is 0.972. The molecule has 0 spiro atoms. The molecule has 3 aromatic rings. The summed E-state index contributed by atoms with van der Waals surface area (Å²) >= 11 is 12.4. The van der Waals surface area contributed by atoms with Gasteiger partial charge in [-0.1, -0.05) is 66.7 Å². The molecule has 2 amide bonds. The molecule has 1 saturated carbocycles. The Morgan fingerprint density at radius 1 is 0.953 bits per heavy atom. The van der Waals surface area contributed by atoms with Gasteiger partial charge >= 0.3 is 0 Å². The number of anilines is 1. The standard InChI is InChI=1S/C32H37Cl2N3O5S/c1-3-42-27-15-17-28(18-16-27)43(40,41)37(26-12-8-5-9-13-26)22-31(38)36(21-24-14-19-29(33)30(34)20-24)23(2)32(39)35-25-10-6-4-7-11-25/h5,8-9,12-20,23,25H,3-4,6-7,10-11,21-22H2,1-2H3,(H,35,39)/t23-/m0/s1. The minimum atomic E-state index is -4.18. The Kier molecular flexibility index (Phi) is 11.3. The number of nitrogens with one attached hydrogen (secondary N) is 1. The van der Waals surface area contributed by atoms with Crippen molar-refractivity contribution in [1.82, 2.24) is 10.2 Å². The maximum absolute atomic E-state index is 14.1. The molecule has 1 N–H and O–H groups in total. The molecular formula is C32H37Cl2N3O5S. The van der Waals surface area contributed by atoms with Crippen LogP contribution in [-0.2, 0) is 26.2 Å². The smallest absolute Gasteiger partial charge is 0.264 e. The summed E-state index contributed by atoms with van der Waals surface area (Å²) in [4.78, 5) is 28.9. The highest BCUT2D eigenvalue weighted by Gasteiger charge is 2.33. The second kappa shape index (κ2) is 14.9. The van der Waals surface area contributed by atoms with Crippen LogP contribution in [-0.4, -0.2) is 50.4 Å². The number of hydrogen-bond acceptors (Lipinski definition) is 5. The third kappa shape index (κ3) is 8.43. The van der Waals surface area contributed by atoms with Crippen molar-refractivity contribution in [3.63, 3.8) is 0 Å². The summed E-state index contributed by atoms with van der Waals surface area (Å²) in [6.45, 7) is 3.44. The maximum atomic E-state index is 14.1. The monoisotopic (exact) mass is 645 g/mol. The summed E-state index contributed by atoms with van der Waals surface area (Å²) in [5.74, 6) is -0.300. The summed E-state index contributed by atoms with van der Waals surface area (Å²) in [6, 6.07) is 18.7. The average molecular weight is 647 g/mol. The van der Waals surface area contributed by atoms with Crippen LogP contribution in [0, 0.1) is 0 Å². The van der Waals surface area contributed by atoms with Crippen LogP contribution in [0.1, 0.15) is 51.5 Å².